The molecule has 1 spiro atoms. The van der Waals surface area contributed by atoms with Crippen LogP contribution in [-0.4, -0.2) is 28.4 Å². The van der Waals surface area contributed by atoms with E-state index in [4.69, 9.17) is 5.73 Å². The molecule has 5 unspecified atom stereocenters. The molecule has 5 saturated carbocycles. The van der Waals surface area contributed by atoms with Gasteiger partial charge in [0.05, 0.1) is 5.54 Å². The lowest BCUT2D eigenvalue weighted by molar-refractivity contribution is -0.141. The molecule has 2 N–H and O–H groups in total. The van der Waals surface area contributed by atoms with Crippen molar-refractivity contribution < 1.29 is 4.79 Å². The van der Waals surface area contributed by atoms with Gasteiger partial charge in [-0.3, -0.25) is 4.79 Å². The molecule has 5 aliphatic carbocycles. The largest absolute Gasteiger partial charge is 0.335 e. The lowest BCUT2D eigenvalue weighted by Gasteiger charge is -2.48. The highest BCUT2D eigenvalue weighted by Gasteiger charge is 2.61. The highest BCUT2D eigenvalue weighted by atomic mass is 16.2. The van der Waals surface area contributed by atoms with Crippen molar-refractivity contribution in [2.45, 2.75) is 82.2 Å². The van der Waals surface area contributed by atoms with Gasteiger partial charge in [0.1, 0.15) is 0 Å². The molecule has 6 fully saturated rings. The van der Waals surface area contributed by atoms with Crippen molar-refractivity contribution in [1.29, 1.82) is 0 Å². The number of likely N-dealkylation sites (tertiary alicyclic amines) is 1. The smallest absolute Gasteiger partial charge is 0.243 e. The first-order valence-electron chi connectivity index (χ1n) is 9.54. The molecule has 1 aliphatic heterocycles. The van der Waals surface area contributed by atoms with Gasteiger partial charge in [0.2, 0.25) is 5.91 Å². The van der Waals surface area contributed by atoms with E-state index in [0.717, 1.165) is 18.9 Å². The number of carbonyl (C=O) groups excluding carboxylic acids is 1. The minimum Gasteiger partial charge on any atom is -0.335 e. The van der Waals surface area contributed by atoms with Gasteiger partial charge in [-0.2, -0.15) is 0 Å². The highest BCUT2D eigenvalue weighted by Crippen LogP contribution is 2.60. The second-order valence-corrected chi connectivity index (χ2v) is 9.85. The number of nitrogens with zero attached hydrogens (tertiary/aromatic N) is 1. The van der Waals surface area contributed by atoms with Gasteiger partial charge in [-0.05, 0) is 87.4 Å². The first-order valence-corrected chi connectivity index (χ1v) is 9.54. The van der Waals surface area contributed by atoms with Gasteiger partial charge in [0.25, 0.3) is 0 Å². The van der Waals surface area contributed by atoms with Crippen LogP contribution in [0.3, 0.4) is 0 Å². The molecule has 3 nitrogen and oxygen atoms in total. The summed E-state index contributed by atoms with van der Waals surface area (Å²) < 4.78 is 0. The predicted octanol–water partition coefficient (Wildman–Crippen LogP) is 3.08. The van der Waals surface area contributed by atoms with Crippen molar-refractivity contribution in [1.82, 2.24) is 4.90 Å². The Morgan fingerprint density at radius 2 is 1.82 bits per heavy atom. The molecule has 1 heterocycles. The van der Waals surface area contributed by atoms with Crippen LogP contribution in [0.1, 0.15) is 71.1 Å². The van der Waals surface area contributed by atoms with E-state index in [0.29, 0.717) is 23.2 Å². The van der Waals surface area contributed by atoms with Crippen LogP contribution in [-0.2, 0) is 4.79 Å². The molecule has 0 aromatic carbocycles. The summed E-state index contributed by atoms with van der Waals surface area (Å²) in [7, 11) is 0. The van der Waals surface area contributed by atoms with Crippen molar-refractivity contribution in [3.63, 3.8) is 0 Å². The maximum Gasteiger partial charge on any atom is 0.243 e. The van der Waals surface area contributed by atoms with Crippen LogP contribution in [0, 0.1) is 23.2 Å². The van der Waals surface area contributed by atoms with E-state index in [9.17, 15) is 4.79 Å². The van der Waals surface area contributed by atoms with Crippen LogP contribution in [0.15, 0.2) is 0 Å². The van der Waals surface area contributed by atoms with E-state index in [1.54, 1.807) is 0 Å². The fraction of sp³-hybridized carbons (Fsp3) is 0.947. The van der Waals surface area contributed by atoms with Crippen molar-refractivity contribution in [2.24, 2.45) is 28.9 Å². The number of hydrogen-bond acceptors (Lipinski definition) is 2. The Morgan fingerprint density at radius 3 is 2.55 bits per heavy atom. The Bertz CT molecular complexity index is 528. The summed E-state index contributed by atoms with van der Waals surface area (Å²) in [6.07, 6.45) is 12.3. The number of hydrogen-bond donors (Lipinski definition) is 1. The zero-order valence-electron chi connectivity index (χ0n) is 13.9. The van der Waals surface area contributed by atoms with Crippen LogP contribution >= 0.6 is 0 Å². The van der Waals surface area contributed by atoms with E-state index in [2.05, 4.69) is 11.8 Å². The standard InChI is InChI=1S/C19H30N2O/c1-17-9-13-7-14(10-17)11-19(20,15(8-13)12-17)16(22)21-6-2-3-18(21)4-5-18/h13-15H,2-12,20H2,1H3. The summed E-state index contributed by atoms with van der Waals surface area (Å²) in [5.41, 5.74) is 7.14. The third-order valence-corrected chi connectivity index (χ3v) is 8.01. The zero-order valence-corrected chi connectivity index (χ0v) is 13.9. The number of amides is 1. The Labute approximate surface area is 134 Å². The van der Waals surface area contributed by atoms with E-state index < -0.39 is 5.54 Å². The summed E-state index contributed by atoms with van der Waals surface area (Å²) in [4.78, 5) is 15.7. The first-order chi connectivity index (χ1) is 10.4. The van der Waals surface area contributed by atoms with Crippen molar-refractivity contribution in [2.75, 3.05) is 6.54 Å². The molecule has 1 amide bonds. The average molecular weight is 302 g/mol. The van der Waals surface area contributed by atoms with Gasteiger partial charge in [-0.1, -0.05) is 6.92 Å². The number of rotatable bonds is 1. The highest BCUT2D eigenvalue weighted by molar-refractivity contribution is 5.88. The summed E-state index contributed by atoms with van der Waals surface area (Å²) in [5, 5.41) is 0. The third-order valence-electron chi connectivity index (χ3n) is 8.01. The molecule has 3 heteroatoms. The minimum atomic E-state index is -0.544. The number of nitrogens with two attached hydrogens (primary N) is 1. The fourth-order valence-corrected chi connectivity index (χ4v) is 7.17. The van der Waals surface area contributed by atoms with E-state index >= 15 is 0 Å². The molecule has 1 saturated heterocycles. The molecular weight excluding hydrogens is 272 g/mol. The average Bonchev–Trinajstić information content (AvgIpc) is 3.09. The molecule has 6 aliphatic rings. The van der Waals surface area contributed by atoms with Crippen LogP contribution in [0.25, 0.3) is 0 Å². The second-order valence-electron chi connectivity index (χ2n) is 9.85. The molecule has 6 rings (SSSR count). The number of carbonyl (C=O) groups is 1. The second kappa shape index (κ2) is 4.09. The predicted molar refractivity (Wildman–Crippen MR) is 86.1 cm³/mol. The first kappa shape index (κ1) is 13.8. The zero-order chi connectivity index (χ0) is 15.2. The maximum absolute atomic E-state index is 13.5. The summed E-state index contributed by atoms with van der Waals surface area (Å²) in [6, 6.07) is 0. The molecule has 0 aromatic rings. The summed E-state index contributed by atoms with van der Waals surface area (Å²) >= 11 is 0. The van der Waals surface area contributed by atoms with Gasteiger partial charge < -0.3 is 10.6 Å². The Morgan fingerprint density at radius 1 is 1.05 bits per heavy atom. The normalized spacial score (nSPS) is 51.4. The van der Waals surface area contributed by atoms with Crippen molar-refractivity contribution in [3.8, 4) is 0 Å². The summed E-state index contributed by atoms with van der Waals surface area (Å²) in [5.74, 6) is 2.31. The van der Waals surface area contributed by atoms with Gasteiger partial charge in [0, 0.05) is 12.1 Å². The fourth-order valence-electron chi connectivity index (χ4n) is 7.17. The van der Waals surface area contributed by atoms with Crippen LogP contribution in [0.5, 0.6) is 0 Å². The van der Waals surface area contributed by atoms with Crippen molar-refractivity contribution in [3.05, 3.63) is 0 Å². The quantitative estimate of drug-likeness (QED) is 0.809. The van der Waals surface area contributed by atoms with E-state index in [1.807, 2.05) is 0 Å². The van der Waals surface area contributed by atoms with Gasteiger partial charge >= 0.3 is 0 Å². The van der Waals surface area contributed by atoms with Crippen LogP contribution in [0.4, 0.5) is 0 Å². The molecular formula is C19H30N2O. The third kappa shape index (κ3) is 1.75. The van der Waals surface area contributed by atoms with Crippen LogP contribution in [0.2, 0.25) is 0 Å². The molecule has 0 radical (unpaired) electrons. The lowest BCUT2D eigenvalue weighted by atomic mass is 9.58. The minimum absolute atomic E-state index is 0.247. The molecule has 5 atom stereocenters. The Hall–Kier alpha value is -0.570. The van der Waals surface area contributed by atoms with Crippen LogP contribution < -0.4 is 5.73 Å². The summed E-state index contributed by atoms with van der Waals surface area (Å²) in [6.45, 7) is 3.43. The van der Waals surface area contributed by atoms with Gasteiger partial charge in [-0.25, -0.2) is 0 Å². The maximum atomic E-state index is 13.5. The monoisotopic (exact) mass is 302 g/mol. The van der Waals surface area contributed by atoms with E-state index in [1.165, 1.54) is 57.8 Å². The van der Waals surface area contributed by atoms with Gasteiger partial charge in [-0.15, -0.1) is 0 Å². The van der Waals surface area contributed by atoms with Gasteiger partial charge in [0.15, 0.2) is 0 Å². The van der Waals surface area contributed by atoms with E-state index in [-0.39, 0.29) is 5.54 Å². The molecule has 122 valence electrons. The SMILES string of the molecule is CC12CC3CC(C1)CC(N)(C(=O)N1CCCC14CC4)C(C3)C2. The lowest BCUT2D eigenvalue weighted by Crippen LogP contribution is -2.61. The molecule has 4 bridgehead atoms. The number of fused-ring (bicyclic) bond motifs is 1. The molecule has 0 aromatic heterocycles. The Balaban J connectivity index is 1.49. The topological polar surface area (TPSA) is 46.3 Å². The van der Waals surface area contributed by atoms with Crippen molar-refractivity contribution >= 4 is 5.91 Å². The molecule has 22 heavy (non-hydrogen) atoms. The Kier molecular flexibility index (Phi) is 2.57.